The lowest BCUT2D eigenvalue weighted by Gasteiger charge is -2.53. The number of likely N-dealkylation sites (tertiary alicyclic amines) is 1. The molecule has 5 nitrogen and oxygen atoms in total. The predicted molar refractivity (Wildman–Crippen MR) is 165 cm³/mol. The number of nitrogens with two attached hydrogens (primary N) is 1. The van der Waals surface area contributed by atoms with Gasteiger partial charge in [0.25, 0.3) is 0 Å². The highest BCUT2D eigenvalue weighted by molar-refractivity contribution is 5.83. The molecule has 0 spiro atoms. The van der Waals surface area contributed by atoms with Crippen molar-refractivity contribution in [3.8, 4) is 28.4 Å². The summed E-state index contributed by atoms with van der Waals surface area (Å²) in [4.78, 5) is 2.50. The van der Waals surface area contributed by atoms with Gasteiger partial charge in [0.15, 0.2) is 11.6 Å². The summed E-state index contributed by atoms with van der Waals surface area (Å²) in [5, 5.41) is 11.0. The number of hydrogen-bond acceptors (Lipinski definition) is 5. The van der Waals surface area contributed by atoms with Gasteiger partial charge in [-0.2, -0.15) is 0 Å². The molecule has 220 valence electrons. The Hall–Kier alpha value is -3.25. The molecule has 3 aromatic carbocycles. The first-order chi connectivity index (χ1) is 19.5. The Labute approximate surface area is 244 Å². The van der Waals surface area contributed by atoms with E-state index in [1.54, 1.807) is 19.2 Å². The molecule has 41 heavy (non-hydrogen) atoms. The summed E-state index contributed by atoms with van der Waals surface area (Å²) in [7, 11) is 1.59. The number of nitrogen functional groups attached to an aromatic ring is 1. The summed E-state index contributed by atoms with van der Waals surface area (Å²) in [5.41, 5.74) is 13.1. The summed E-state index contributed by atoms with van der Waals surface area (Å²) in [6.07, 6.45) is 8.07. The fourth-order valence-electron chi connectivity index (χ4n) is 7.23. The molecule has 5 rings (SSSR count). The molecule has 3 aromatic rings. The van der Waals surface area contributed by atoms with Crippen LogP contribution in [0.25, 0.3) is 11.1 Å². The third kappa shape index (κ3) is 5.90. The van der Waals surface area contributed by atoms with Crippen LogP contribution >= 0.6 is 0 Å². The quantitative estimate of drug-likeness (QED) is 0.277. The van der Waals surface area contributed by atoms with Gasteiger partial charge in [0.2, 0.25) is 0 Å². The van der Waals surface area contributed by atoms with E-state index in [1.807, 2.05) is 24.3 Å². The molecule has 1 saturated heterocycles. The fraction of sp³-hybridized carbons (Fsp3) is 0.486. The fourth-order valence-corrected chi connectivity index (χ4v) is 7.23. The van der Waals surface area contributed by atoms with Gasteiger partial charge < -0.3 is 20.3 Å². The minimum Gasteiger partial charge on any atom is -0.507 e. The SMILES string of the molecule is COc1ccc(-c2c(O)ccc3c2CCCC3)c(Cc2ccc(OCCN3C(C)(C)CCCC3(C)C)c(F)c2)c1N. The van der Waals surface area contributed by atoms with Crippen LogP contribution in [0.2, 0.25) is 0 Å². The number of phenols is 1. The highest BCUT2D eigenvalue weighted by Crippen LogP contribution is 2.44. The second kappa shape index (κ2) is 11.6. The first kappa shape index (κ1) is 29.2. The zero-order valence-corrected chi connectivity index (χ0v) is 25.3. The first-order valence-electron chi connectivity index (χ1n) is 15.0. The van der Waals surface area contributed by atoms with Crippen LogP contribution in [0.3, 0.4) is 0 Å². The first-order valence-corrected chi connectivity index (χ1v) is 15.0. The maximum Gasteiger partial charge on any atom is 0.165 e. The van der Waals surface area contributed by atoms with Crippen molar-refractivity contribution < 1.29 is 19.0 Å². The number of piperidine rings is 1. The number of halogens is 1. The summed E-state index contributed by atoms with van der Waals surface area (Å²) in [6.45, 7) is 10.3. The molecule has 3 N–H and O–H groups in total. The number of fused-ring (bicyclic) bond motifs is 1. The van der Waals surface area contributed by atoms with Crippen molar-refractivity contribution in [3.63, 3.8) is 0 Å². The normalized spacial score (nSPS) is 18.1. The van der Waals surface area contributed by atoms with Crippen LogP contribution < -0.4 is 15.2 Å². The number of ether oxygens (including phenoxy) is 2. The van der Waals surface area contributed by atoms with Crippen molar-refractivity contribution in [2.75, 3.05) is 26.0 Å². The van der Waals surface area contributed by atoms with Crippen molar-refractivity contribution in [3.05, 3.63) is 70.5 Å². The molecule has 2 aliphatic rings. The topological polar surface area (TPSA) is 68.0 Å². The molecule has 1 heterocycles. The lowest BCUT2D eigenvalue weighted by molar-refractivity contribution is -0.0342. The Kier molecular flexibility index (Phi) is 8.24. The Morgan fingerprint density at radius 1 is 0.927 bits per heavy atom. The molecule has 0 radical (unpaired) electrons. The number of methoxy groups -OCH3 is 1. The van der Waals surface area contributed by atoms with E-state index < -0.39 is 0 Å². The zero-order chi connectivity index (χ0) is 29.4. The Morgan fingerprint density at radius 3 is 2.34 bits per heavy atom. The van der Waals surface area contributed by atoms with E-state index in [0.717, 1.165) is 67.3 Å². The van der Waals surface area contributed by atoms with Crippen LogP contribution in [0.5, 0.6) is 17.2 Å². The number of rotatable bonds is 8. The largest absolute Gasteiger partial charge is 0.507 e. The van der Waals surface area contributed by atoms with Gasteiger partial charge in [0.05, 0.1) is 12.8 Å². The molecule has 0 saturated carbocycles. The van der Waals surface area contributed by atoms with Gasteiger partial charge >= 0.3 is 0 Å². The average Bonchev–Trinajstić information content (AvgIpc) is 2.92. The Balaban J connectivity index is 1.39. The molecule has 0 aromatic heterocycles. The highest BCUT2D eigenvalue weighted by atomic mass is 19.1. The van der Waals surface area contributed by atoms with Crippen molar-refractivity contribution in [1.29, 1.82) is 0 Å². The summed E-state index contributed by atoms with van der Waals surface area (Å²) < 4.78 is 26.9. The smallest absolute Gasteiger partial charge is 0.165 e. The third-order valence-electron chi connectivity index (χ3n) is 9.31. The molecule has 1 aliphatic carbocycles. The molecule has 0 unspecified atom stereocenters. The number of aryl methyl sites for hydroxylation is 1. The number of benzene rings is 3. The van der Waals surface area contributed by atoms with E-state index >= 15 is 4.39 Å². The lowest BCUT2D eigenvalue weighted by atomic mass is 9.80. The van der Waals surface area contributed by atoms with Crippen LogP contribution in [-0.4, -0.2) is 41.3 Å². The molecule has 1 aliphatic heterocycles. The van der Waals surface area contributed by atoms with E-state index in [2.05, 4.69) is 32.6 Å². The number of nitrogens with zero attached hydrogens (tertiary/aromatic N) is 1. The Morgan fingerprint density at radius 2 is 1.63 bits per heavy atom. The standard InChI is InChI=1S/C35H45FN2O3/c1-34(2)17-8-18-35(3,4)38(34)19-20-41-30-15-11-23(22-28(30)36)21-27-26(13-16-31(40-5)33(27)37)32-25-10-7-6-9-24(25)12-14-29(32)39/h11-16,22,39H,6-10,17-21,37H2,1-5H3. The molecule has 1 fully saturated rings. The van der Waals surface area contributed by atoms with Gasteiger partial charge in [-0.05, 0) is 125 Å². The zero-order valence-electron chi connectivity index (χ0n) is 25.3. The molecule has 0 atom stereocenters. The van der Waals surface area contributed by atoms with E-state index in [0.29, 0.717) is 24.5 Å². The van der Waals surface area contributed by atoms with Crippen molar-refractivity contribution >= 4 is 5.69 Å². The van der Waals surface area contributed by atoms with Gasteiger partial charge in [-0.25, -0.2) is 4.39 Å². The maximum absolute atomic E-state index is 15.3. The van der Waals surface area contributed by atoms with Gasteiger partial charge in [0.1, 0.15) is 18.1 Å². The van der Waals surface area contributed by atoms with Gasteiger partial charge in [-0.15, -0.1) is 0 Å². The Bertz CT molecular complexity index is 1400. The molecular weight excluding hydrogens is 515 g/mol. The van der Waals surface area contributed by atoms with Crippen LogP contribution in [0.4, 0.5) is 10.1 Å². The second-order valence-electron chi connectivity index (χ2n) is 12.9. The third-order valence-corrected chi connectivity index (χ3v) is 9.31. The summed E-state index contributed by atoms with van der Waals surface area (Å²) in [6, 6.07) is 12.8. The van der Waals surface area contributed by atoms with E-state index in [9.17, 15) is 5.11 Å². The number of aromatic hydroxyl groups is 1. The maximum atomic E-state index is 15.3. The van der Waals surface area contributed by atoms with Crippen LogP contribution in [0.15, 0.2) is 42.5 Å². The van der Waals surface area contributed by atoms with Crippen molar-refractivity contribution in [2.24, 2.45) is 0 Å². The van der Waals surface area contributed by atoms with Crippen LogP contribution in [-0.2, 0) is 19.3 Å². The summed E-state index contributed by atoms with van der Waals surface area (Å²) >= 11 is 0. The minimum atomic E-state index is -0.386. The molecule has 0 bridgehead atoms. The lowest BCUT2D eigenvalue weighted by Crippen LogP contribution is -2.59. The van der Waals surface area contributed by atoms with Gasteiger partial charge in [-0.3, -0.25) is 4.90 Å². The van der Waals surface area contributed by atoms with Gasteiger partial charge in [0, 0.05) is 29.6 Å². The van der Waals surface area contributed by atoms with Crippen LogP contribution in [0, 0.1) is 5.82 Å². The number of anilines is 1. The predicted octanol–water partition coefficient (Wildman–Crippen LogP) is 7.68. The van der Waals surface area contributed by atoms with Gasteiger partial charge in [-0.1, -0.05) is 18.2 Å². The van der Waals surface area contributed by atoms with Crippen LogP contribution in [0.1, 0.15) is 82.1 Å². The van der Waals surface area contributed by atoms with E-state index in [1.165, 1.54) is 23.6 Å². The monoisotopic (exact) mass is 560 g/mol. The number of hydrogen-bond donors (Lipinski definition) is 2. The summed E-state index contributed by atoms with van der Waals surface area (Å²) in [5.74, 6) is 0.682. The highest BCUT2D eigenvalue weighted by Gasteiger charge is 2.40. The van der Waals surface area contributed by atoms with Crippen molar-refractivity contribution in [1.82, 2.24) is 4.90 Å². The molecule has 0 amide bonds. The molecule has 6 heteroatoms. The average molecular weight is 561 g/mol. The van der Waals surface area contributed by atoms with E-state index in [-0.39, 0.29) is 28.4 Å². The van der Waals surface area contributed by atoms with E-state index in [4.69, 9.17) is 15.2 Å². The number of phenolic OH excluding ortho intramolecular Hbond substituents is 1. The van der Waals surface area contributed by atoms with Crippen molar-refractivity contribution in [2.45, 2.75) is 90.1 Å². The molecular formula is C35H45FN2O3. The second-order valence-corrected chi connectivity index (χ2v) is 12.9. The minimum absolute atomic E-state index is 0.0916.